The van der Waals surface area contributed by atoms with Crippen LogP contribution in [0.1, 0.15) is 44.7 Å². The predicted molar refractivity (Wildman–Crippen MR) is 64.1 cm³/mol. The maximum atomic E-state index is 5.93. The van der Waals surface area contributed by atoms with E-state index in [1.54, 1.807) is 0 Å². The lowest BCUT2D eigenvalue weighted by atomic mass is 10.1. The van der Waals surface area contributed by atoms with Crippen LogP contribution in [0.25, 0.3) is 0 Å². The highest BCUT2D eigenvalue weighted by molar-refractivity contribution is 5.28. The van der Waals surface area contributed by atoms with Gasteiger partial charge in [0.2, 0.25) is 0 Å². The van der Waals surface area contributed by atoms with E-state index in [-0.39, 0.29) is 6.04 Å². The molecular weight excluding hydrogens is 186 g/mol. The minimum absolute atomic E-state index is 0.148. The van der Waals surface area contributed by atoms with Crippen molar-refractivity contribution < 1.29 is 4.74 Å². The highest BCUT2D eigenvalue weighted by Gasteiger charge is 2.02. The van der Waals surface area contributed by atoms with Crippen molar-refractivity contribution in [3.8, 4) is 5.75 Å². The van der Waals surface area contributed by atoms with E-state index in [1.807, 2.05) is 12.1 Å². The van der Waals surface area contributed by atoms with Crippen LogP contribution in [0.5, 0.6) is 5.75 Å². The van der Waals surface area contributed by atoms with Gasteiger partial charge >= 0.3 is 0 Å². The van der Waals surface area contributed by atoms with E-state index >= 15 is 0 Å². The third kappa shape index (κ3) is 3.92. The van der Waals surface area contributed by atoms with E-state index in [2.05, 4.69) is 26.0 Å². The molecule has 0 fully saturated rings. The minimum atomic E-state index is 0.148. The summed E-state index contributed by atoms with van der Waals surface area (Å²) in [5.74, 6) is 0.940. The molecule has 0 unspecified atom stereocenters. The lowest BCUT2D eigenvalue weighted by Gasteiger charge is -2.10. The predicted octanol–water partition coefficient (Wildman–Crippen LogP) is 3.28. The molecule has 0 spiro atoms. The first kappa shape index (κ1) is 12.1. The largest absolute Gasteiger partial charge is 0.494 e. The number of unbranched alkanes of at least 4 members (excludes halogenated alkanes) is 1. The fourth-order valence-corrected chi connectivity index (χ4v) is 1.38. The summed E-state index contributed by atoms with van der Waals surface area (Å²) in [7, 11) is 0. The molecule has 2 heteroatoms. The Labute approximate surface area is 92.4 Å². The van der Waals surface area contributed by atoms with Crippen molar-refractivity contribution in [3.63, 3.8) is 0 Å². The third-order valence-electron chi connectivity index (χ3n) is 2.51. The third-order valence-corrected chi connectivity index (χ3v) is 2.51. The van der Waals surface area contributed by atoms with Crippen LogP contribution in [0, 0.1) is 0 Å². The van der Waals surface area contributed by atoms with Gasteiger partial charge in [-0.2, -0.15) is 0 Å². The molecule has 0 heterocycles. The molecule has 0 saturated carbocycles. The Hall–Kier alpha value is -1.02. The van der Waals surface area contributed by atoms with Crippen LogP contribution < -0.4 is 10.5 Å². The first-order valence-corrected chi connectivity index (χ1v) is 5.76. The zero-order chi connectivity index (χ0) is 11.1. The van der Waals surface area contributed by atoms with Gasteiger partial charge in [0.1, 0.15) is 5.75 Å². The summed E-state index contributed by atoms with van der Waals surface area (Å²) in [5.41, 5.74) is 7.11. The van der Waals surface area contributed by atoms with Crippen LogP contribution in [-0.2, 0) is 0 Å². The molecule has 0 aliphatic heterocycles. The summed E-state index contributed by atoms with van der Waals surface area (Å²) >= 11 is 0. The second-order valence-electron chi connectivity index (χ2n) is 3.79. The molecule has 1 aromatic carbocycles. The van der Waals surface area contributed by atoms with E-state index in [1.165, 1.54) is 12.0 Å². The number of hydrogen-bond acceptors (Lipinski definition) is 2. The molecule has 0 radical (unpaired) electrons. The minimum Gasteiger partial charge on any atom is -0.494 e. The molecule has 1 aromatic rings. The lowest BCUT2D eigenvalue weighted by Crippen LogP contribution is -2.08. The summed E-state index contributed by atoms with van der Waals surface area (Å²) in [6.45, 7) is 5.05. The first-order chi connectivity index (χ1) is 7.27. The highest BCUT2D eigenvalue weighted by Crippen LogP contribution is 2.18. The zero-order valence-corrected chi connectivity index (χ0v) is 9.70. The summed E-state index contributed by atoms with van der Waals surface area (Å²) in [6, 6.07) is 8.25. The van der Waals surface area contributed by atoms with Gasteiger partial charge in [-0.25, -0.2) is 0 Å². The number of benzene rings is 1. The molecule has 2 N–H and O–H groups in total. The summed E-state index contributed by atoms with van der Waals surface area (Å²) in [5, 5.41) is 0. The van der Waals surface area contributed by atoms with Crippen LogP contribution in [0.15, 0.2) is 24.3 Å². The van der Waals surface area contributed by atoms with E-state index in [9.17, 15) is 0 Å². The Morgan fingerprint density at radius 2 is 1.87 bits per heavy atom. The SMILES string of the molecule is CCCCOc1ccc([C@@H](N)CC)cc1. The van der Waals surface area contributed by atoms with Crippen molar-refractivity contribution in [2.45, 2.75) is 39.2 Å². The van der Waals surface area contributed by atoms with Gasteiger partial charge < -0.3 is 10.5 Å². The normalized spacial score (nSPS) is 12.5. The first-order valence-electron chi connectivity index (χ1n) is 5.76. The van der Waals surface area contributed by atoms with Crippen LogP contribution >= 0.6 is 0 Å². The Morgan fingerprint density at radius 1 is 1.20 bits per heavy atom. The molecule has 0 aromatic heterocycles. The Balaban J connectivity index is 2.49. The Kier molecular flexibility index (Phi) is 5.19. The average molecular weight is 207 g/mol. The van der Waals surface area contributed by atoms with Crippen molar-refractivity contribution in [1.29, 1.82) is 0 Å². The van der Waals surface area contributed by atoms with Crippen LogP contribution in [0.2, 0.25) is 0 Å². The molecule has 0 aliphatic carbocycles. The van der Waals surface area contributed by atoms with Gasteiger partial charge in [-0.15, -0.1) is 0 Å². The highest BCUT2D eigenvalue weighted by atomic mass is 16.5. The molecule has 84 valence electrons. The molecule has 0 amide bonds. The smallest absolute Gasteiger partial charge is 0.119 e. The van der Waals surface area contributed by atoms with Gasteiger partial charge in [0, 0.05) is 6.04 Å². The Bertz CT molecular complexity index is 268. The van der Waals surface area contributed by atoms with Crippen molar-refractivity contribution in [3.05, 3.63) is 29.8 Å². The van der Waals surface area contributed by atoms with Gasteiger partial charge in [0.15, 0.2) is 0 Å². The van der Waals surface area contributed by atoms with Crippen molar-refractivity contribution in [1.82, 2.24) is 0 Å². The van der Waals surface area contributed by atoms with Gasteiger partial charge in [-0.3, -0.25) is 0 Å². The van der Waals surface area contributed by atoms with Gasteiger partial charge in [0.05, 0.1) is 6.61 Å². The fraction of sp³-hybridized carbons (Fsp3) is 0.538. The quantitative estimate of drug-likeness (QED) is 0.726. The Morgan fingerprint density at radius 3 is 2.40 bits per heavy atom. The van der Waals surface area contributed by atoms with Crippen molar-refractivity contribution >= 4 is 0 Å². The van der Waals surface area contributed by atoms with Gasteiger partial charge in [-0.1, -0.05) is 32.4 Å². The van der Waals surface area contributed by atoms with Crippen LogP contribution in [0.3, 0.4) is 0 Å². The van der Waals surface area contributed by atoms with Crippen LogP contribution in [-0.4, -0.2) is 6.61 Å². The number of hydrogen-bond donors (Lipinski definition) is 1. The fourth-order valence-electron chi connectivity index (χ4n) is 1.38. The molecule has 0 saturated heterocycles. The average Bonchev–Trinajstić information content (AvgIpc) is 2.29. The van der Waals surface area contributed by atoms with E-state index in [4.69, 9.17) is 10.5 Å². The zero-order valence-electron chi connectivity index (χ0n) is 9.70. The summed E-state index contributed by atoms with van der Waals surface area (Å²) in [4.78, 5) is 0. The van der Waals surface area contributed by atoms with Crippen molar-refractivity contribution in [2.75, 3.05) is 6.61 Å². The maximum Gasteiger partial charge on any atom is 0.119 e. The maximum absolute atomic E-state index is 5.93. The molecule has 2 nitrogen and oxygen atoms in total. The number of nitrogens with two attached hydrogens (primary N) is 1. The standard InChI is InChI=1S/C13H21NO/c1-3-5-10-15-12-8-6-11(7-9-12)13(14)4-2/h6-9,13H,3-5,10,14H2,1-2H3/t13-/m0/s1. The van der Waals surface area contributed by atoms with Crippen LogP contribution in [0.4, 0.5) is 0 Å². The van der Waals surface area contributed by atoms with Crippen molar-refractivity contribution in [2.24, 2.45) is 5.73 Å². The molecule has 0 bridgehead atoms. The van der Waals surface area contributed by atoms with Gasteiger partial charge in [0.25, 0.3) is 0 Å². The number of rotatable bonds is 6. The second kappa shape index (κ2) is 6.46. The molecule has 1 rings (SSSR count). The molecule has 0 aliphatic rings. The lowest BCUT2D eigenvalue weighted by molar-refractivity contribution is 0.309. The second-order valence-corrected chi connectivity index (χ2v) is 3.79. The number of ether oxygens (including phenoxy) is 1. The summed E-state index contributed by atoms with van der Waals surface area (Å²) < 4.78 is 5.57. The monoisotopic (exact) mass is 207 g/mol. The summed E-state index contributed by atoms with van der Waals surface area (Å²) in [6.07, 6.45) is 3.24. The van der Waals surface area contributed by atoms with Gasteiger partial charge in [-0.05, 0) is 30.5 Å². The van der Waals surface area contributed by atoms with E-state index in [0.717, 1.165) is 25.2 Å². The molecule has 15 heavy (non-hydrogen) atoms. The van der Waals surface area contributed by atoms with E-state index in [0.29, 0.717) is 0 Å². The van der Waals surface area contributed by atoms with E-state index < -0.39 is 0 Å². The molecular formula is C13H21NO. The topological polar surface area (TPSA) is 35.2 Å². The molecule has 1 atom stereocenters.